The third-order valence-electron chi connectivity index (χ3n) is 4.75. The Morgan fingerprint density at radius 2 is 1.38 bits per heavy atom. The number of hydrogen-bond donors (Lipinski definition) is 2. The first kappa shape index (κ1) is 18.6. The maximum atomic E-state index is 12.0. The zero-order valence-electron chi connectivity index (χ0n) is 16.0. The number of aliphatic imine (C=N–C) groups is 2. The van der Waals surface area contributed by atoms with E-state index in [0.29, 0.717) is 35.8 Å². The molecule has 2 aromatic rings. The summed E-state index contributed by atoms with van der Waals surface area (Å²) in [6.45, 7) is 2.37. The van der Waals surface area contributed by atoms with Crippen LogP contribution in [0.1, 0.15) is 45.2 Å². The predicted molar refractivity (Wildman–Crippen MR) is 113 cm³/mol. The monoisotopic (exact) mass is 384 g/mol. The van der Waals surface area contributed by atoms with Crippen molar-refractivity contribution >= 4 is 23.5 Å². The fourth-order valence-electron chi connectivity index (χ4n) is 3.27. The van der Waals surface area contributed by atoms with Gasteiger partial charge in [-0.2, -0.15) is 0 Å². The minimum absolute atomic E-state index is 0.116. The van der Waals surface area contributed by atoms with Crippen LogP contribution >= 0.6 is 0 Å². The quantitative estimate of drug-likeness (QED) is 0.776. The summed E-state index contributed by atoms with van der Waals surface area (Å²) in [7, 11) is 0. The molecule has 0 saturated carbocycles. The van der Waals surface area contributed by atoms with Gasteiger partial charge in [0.05, 0.1) is 17.7 Å². The van der Waals surface area contributed by atoms with Crippen LogP contribution in [0.4, 0.5) is 0 Å². The molecule has 0 aromatic heterocycles. The summed E-state index contributed by atoms with van der Waals surface area (Å²) in [4.78, 5) is 33.0. The topological polar surface area (TPSA) is 82.9 Å². The molecule has 0 saturated heterocycles. The number of benzene rings is 2. The minimum atomic E-state index is -0.125. The normalized spacial score (nSPS) is 18.3. The number of amides is 2. The third kappa shape index (κ3) is 3.78. The summed E-state index contributed by atoms with van der Waals surface area (Å²) in [6.07, 6.45) is 6.45. The van der Waals surface area contributed by atoms with Gasteiger partial charge in [-0.1, -0.05) is 54.6 Å². The van der Waals surface area contributed by atoms with E-state index >= 15 is 0 Å². The first-order valence-corrected chi connectivity index (χ1v) is 9.42. The highest BCUT2D eigenvalue weighted by atomic mass is 16.2. The van der Waals surface area contributed by atoms with Gasteiger partial charge in [0.25, 0.3) is 11.8 Å². The molecule has 2 heterocycles. The summed E-state index contributed by atoms with van der Waals surface area (Å²) in [5.74, 6) is 0.943. The SMILES string of the molecule is C/C=C(\C/C=C\CN=C1NC(=O)c2ccccc21)N=C1NC(=O)c2ccccc21. The fraction of sp³-hybridized carbons (Fsp3) is 0.130. The molecule has 0 fully saturated rings. The predicted octanol–water partition coefficient (Wildman–Crippen LogP) is 3.22. The fourth-order valence-corrected chi connectivity index (χ4v) is 3.27. The van der Waals surface area contributed by atoms with Crippen LogP contribution in [0.2, 0.25) is 0 Å². The van der Waals surface area contributed by atoms with Crippen molar-refractivity contribution in [2.45, 2.75) is 13.3 Å². The van der Waals surface area contributed by atoms with Crippen molar-refractivity contribution in [2.75, 3.05) is 6.54 Å². The molecule has 0 atom stereocenters. The molecular weight excluding hydrogens is 364 g/mol. The molecule has 2 amide bonds. The van der Waals surface area contributed by atoms with E-state index in [1.165, 1.54) is 0 Å². The van der Waals surface area contributed by atoms with E-state index in [1.54, 1.807) is 12.1 Å². The lowest BCUT2D eigenvalue weighted by Gasteiger charge is -2.01. The van der Waals surface area contributed by atoms with Crippen LogP contribution in [0.3, 0.4) is 0 Å². The van der Waals surface area contributed by atoms with Crippen molar-refractivity contribution in [3.63, 3.8) is 0 Å². The maximum absolute atomic E-state index is 12.0. The van der Waals surface area contributed by atoms with E-state index in [2.05, 4.69) is 20.6 Å². The Balaban J connectivity index is 1.40. The van der Waals surface area contributed by atoms with Gasteiger partial charge in [0, 0.05) is 23.2 Å². The second kappa shape index (κ2) is 8.06. The molecule has 2 aromatic carbocycles. The van der Waals surface area contributed by atoms with Gasteiger partial charge < -0.3 is 10.6 Å². The number of allylic oxidation sites excluding steroid dienone is 2. The van der Waals surface area contributed by atoms with E-state index < -0.39 is 0 Å². The molecule has 4 rings (SSSR count). The zero-order valence-corrected chi connectivity index (χ0v) is 16.0. The number of nitrogens with one attached hydrogen (secondary N) is 2. The van der Waals surface area contributed by atoms with E-state index in [0.717, 1.165) is 16.8 Å². The molecule has 6 nitrogen and oxygen atoms in total. The number of fused-ring (bicyclic) bond motifs is 2. The lowest BCUT2D eigenvalue weighted by atomic mass is 10.1. The number of rotatable bonds is 5. The van der Waals surface area contributed by atoms with Crippen molar-refractivity contribution in [2.24, 2.45) is 9.98 Å². The molecule has 2 aliphatic rings. The zero-order chi connectivity index (χ0) is 20.2. The van der Waals surface area contributed by atoms with Gasteiger partial charge in [0.2, 0.25) is 0 Å². The van der Waals surface area contributed by atoms with Gasteiger partial charge in [0.1, 0.15) is 11.7 Å². The Morgan fingerprint density at radius 3 is 2.00 bits per heavy atom. The smallest absolute Gasteiger partial charge is 0.257 e. The van der Waals surface area contributed by atoms with Crippen molar-refractivity contribution in [1.29, 1.82) is 0 Å². The highest BCUT2D eigenvalue weighted by Gasteiger charge is 2.24. The van der Waals surface area contributed by atoms with E-state index in [-0.39, 0.29) is 11.8 Å². The molecule has 144 valence electrons. The number of amidine groups is 2. The molecule has 6 heteroatoms. The Kier molecular flexibility index (Phi) is 5.16. The largest absolute Gasteiger partial charge is 0.306 e. The highest BCUT2D eigenvalue weighted by molar-refractivity contribution is 6.24. The molecular formula is C23H20N4O2. The molecule has 0 spiro atoms. The Labute approximate surface area is 168 Å². The van der Waals surface area contributed by atoms with Crippen LogP contribution in [0, 0.1) is 0 Å². The van der Waals surface area contributed by atoms with Crippen LogP contribution in [0.5, 0.6) is 0 Å². The van der Waals surface area contributed by atoms with E-state index in [1.807, 2.05) is 61.5 Å². The van der Waals surface area contributed by atoms with Gasteiger partial charge in [-0.25, -0.2) is 4.99 Å². The van der Waals surface area contributed by atoms with Crippen LogP contribution in [0.15, 0.2) is 82.4 Å². The summed E-state index contributed by atoms with van der Waals surface area (Å²) >= 11 is 0. The molecule has 0 unspecified atom stereocenters. The lowest BCUT2D eigenvalue weighted by Crippen LogP contribution is -2.21. The second-order valence-corrected chi connectivity index (χ2v) is 6.60. The van der Waals surface area contributed by atoms with Crippen LogP contribution in [0.25, 0.3) is 0 Å². The van der Waals surface area contributed by atoms with Gasteiger partial charge in [-0.05, 0) is 19.1 Å². The molecule has 0 radical (unpaired) electrons. The standard InChI is InChI=1S/C23H20N4O2/c1-2-15(25-21-17-11-4-6-13-19(17)23(29)27-21)9-7-8-14-24-20-16-10-3-5-12-18(16)22(28)26-20/h2-8,10-13H,9,14H2,1H3,(H,24,26,28)(H,25,27,29)/b8-7-,15-2+. The molecule has 2 N–H and O–H groups in total. The van der Waals surface area contributed by atoms with Crippen molar-refractivity contribution < 1.29 is 9.59 Å². The molecule has 0 bridgehead atoms. The summed E-state index contributed by atoms with van der Waals surface area (Å²) in [6, 6.07) is 14.8. The first-order chi connectivity index (χ1) is 14.2. The van der Waals surface area contributed by atoms with Crippen molar-refractivity contribution in [3.8, 4) is 0 Å². The van der Waals surface area contributed by atoms with E-state index in [4.69, 9.17) is 0 Å². The van der Waals surface area contributed by atoms with Crippen LogP contribution in [-0.4, -0.2) is 30.0 Å². The summed E-state index contributed by atoms with van der Waals surface area (Å²) in [5.41, 5.74) is 3.80. The number of carbonyl (C=O) groups excluding carboxylic acids is 2. The summed E-state index contributed by atoms with van der Waals surface area (Å²) in [5, 5.41) is 5.62. The van der Waals surface area contributed by atoms with Crippen molar-refractivity contribution in [3.05, 3.63) is 94.7 Å². The third-order valence-corrected chi connectivity index (χ3v) is 4.75. The number of hydrogen-bond acceptors (Lipinski definition) is 4. The molecule has 2 aliphatic heterocycles. The minimum Gasteiger partial charge on any atom is -0.306 e. The first-order valence-electron chi connectivity index (χ1n) is 9.42. The average Bonchev–Trinajstić information content (AvgIpc) is 3.24. The lowest BCUT2D eigenvalue weighted by molar-refractivity contribution is 0.0975. The van der Waals surface area contributed by atoms with Crippen molar-refractivity contribution in [1.82, 2.24) is 10.6 Å². The molecule has 0 aliphatic carbocycles. The van der Waals surface area contributed by atoms with Crippen LogP contribution < -0.4 is 10.6 Å². The second-order valence-electron chi connectivity index (χ2n) is 6.60. The average molecular weight is 384 g/mol. The van der Waals surface area contributed by atoms with E-state index in [9.17, 15) is 9.59 Å². The Hall–Kier alpha value is -3.80. The highest BCUT2D eigenvalue weighted by Crippen LogP contribution is 2.18. The van der Waals surface area contributed by atoms with Gasteiger partial charge in [-0.15, -0.1) is 0 Å². The molecule has 29 heavy (non-hydrogen) atoms. The Bertz CT molecular complexity index is 1110. The van der Waals surface area contributed by atoms with Gasteiger partial charge >= 0.3 is 0 Å². The maximum Gasteiger partial charge on any atom is 0.257 e. The number of nitrogens with zero attached hydrogens (tertiary/aromatic N) is 2. The Morgan fingerprint density at radius 1 is 0.828 bits per heavy atom. The summed E-state index contributed by atoms with van der Waals surface area (Å²) < 4.78 is 0. The van der Waals surface area contributed by atoms with Crippen LogP contribution in [-0.2, 0) is 0 Å². The van der Waals surface area contributed by atoms with Gasteiger partial charge in [-0.3, -0.25) is 14.6 Å². The number of carbonyl (C=O) groups is 2. The van der Waals surface area contributed by atoms with Gasteiger partial charge in [0.15, 0.2) is 0 Å².